The van der Waals surface area contributed by atoms with Gasteiger partial charge in [0.15, 0.2) is 5.82 Å². The Labute approximate surface area is 87.0 Å². The predicted molar refractivity (Wildman–Crippen MR) is 53.0 cm³/mol. The molecule has 0 atom stereocenters. The predicted octanol–water partition coefficient (Wildman–Crippen LogP) is -0.675. The number of rotatable bonds is 3. The van der Waals surface area contributed by atoms with Gasteiger partial charge in [-0.2, -0.15) is 0 Å². The third-order valence-corrected chi connectivity index (χ3v) is 1.64. The Morgan fingerprint density at radius 1 is 1.53 bits per heavy atom. The van der Waals surface area contributed by atoms with Crippen molar-refractivity contribution >= 4 is 17.6 Å². The normalized spacial score (nSPS) is 9.80. The van der Waals surface area contributed by atoms with Gasteiger partial charge in [0.05, 0.1) is 6.20 Å². The van der Waals surface area contributed by atoms with Crippen molar-refractivity contribution in [2.75, 3.05) is 19.4 Å². The summed E-state index contributed by atoms with van der Waals surface area (Å²) in [6.07, 6.45) is 1.50. The van der Waals surface area contributed by atoms with Crippen LogP contribution in [0.2, 0.25) is 0 Å². The molecule has 0 bridgehead atoms. The third kappa shape index (κ3) is 3.37. The van der Waals surface area contributed by atoms with E-state index in [4.69, 9.17) is 0 Å². The van der Waals surface area contributed by atoms with Gasteiger partial charge < -0.3 is 10.2 Å². The van der Waals surface area contributed by atoms with Crippen LogP contribution < -0.4 is 5.32 Å². The van der Waals surface area contributed by atoms with Crippen molar-refractivity contribution in [3.63, 3.8) is 0 Å². The number of amides is 2. The lowest BCUT2D eigenvalue weighted by Gasteiger charge is -2.08. The van der Waals surface area contributed by atoms with Crippen LogP contribution in [0.5, 0.6) is 0 Å². The fraction of sp³-hybridized carbons (Fsp3) is 0.500. The molecule has 0 aromatic carbocycles. The zero-order valence-corrected chi connectivity index (χ0v) is 8.89. The summed E-state index contributed by atoms with van der Waals surface area (Å²) in [5, 5.41) is 9.84. The summed E-state index contributed by atoms with van der Waals surface area (Å²) in [6.45, 7) is 1.49. The summed E-state index contributed by atoms with van der Waals surface area (Å²) < 4.78 is 1.37. The minimum atomic E-state index is -0.221. The van der Waals surface area contributed by atoms with E-state index in [1.165, 1.54) is 22.7 Å². The molecule has 1 rings (SSSR count). The van der Waals surface area contributed by atoms with Crippen LogP contribution in [-0.4, -0.2) is 45.8 Å². The Morgan fingerprint density at radius 2 is 2.20 bits per heavy atom. The van der Waals surface area contributed by atoms with E-state index in [0.717, 1.165) is 0 Å². The number of aromatic nitrogens is 3. The number of hydrogen-bond acceptors (Lipinski definition) is 4. The molecule has 0 unspecified atom stereocenters. The van der Waals surface area contributed by atoms with Gasteiger partial charge in [0.1, 0.15) is 6.54 Å². The first-order valence-electron chi connectivity index (χ1n) is 4.37. The molecule has 1 N–H and O–H groups in total. The molecule has 0 saturated carbocycles. The fourth-order valence-corrected chi connectivity index (χ4v) is 0.893. The molecule has 1 heterocycles. The van der Waals surface area contributed by atoms with Crippen molar-refractivity contribution in [3.05, 3.63) is 6.20 Å². The standard InChI is InChI=1S/C8H13N5O2/c1-6(14)9-7-4-13(11-10-7)5-8(15)12(2)3/h4H,5H2,1-3H3,(H,9,14). The largest absolute Gasteiger partial charge is 0.347 e. The maximum atomic E-state index is 11.3. The van der Waals surface area contributed by atoms with E-state index in [-0.39, 0.29) is 18.4 Å². The van der Waals surface area contributed by atoms with Crippen LogP contribution in [-0.2, 0) is 16.1 Å². The van der Waals surface area contributed by atoms with Crippen LogP contribution >= 0.6 is 0 Å². The van der Waals surface area contributed by atoms with Crippen LogP contribution in [0.25, 0.3) is 0 Å². The average molecular weight is 211 g/mol. The van der Waals surface area contributed by atoms with E-state index in [1.807, 2.05) is 0 Å². The number of carbonyl (C=O) groups excluding carboxylic acids is 2. The van der Waals surface area contributed by atoms with Gasteiger partial charge in [-0.05, 0) is 0 Å². The highest BCUT2D eigenvalue weighted by molar-refractivity contribution is 5.87. The number of likely N-dealkylation sites (N-methyl/N-ethyl adjacent to an activating group) is 1. The summed E-state index contributed by atoms with van der Waals surface area (Å²) in [5.41, 5.74) is 0. The molecule has 0 aliphatic carbocycles. The molecular weight excluding hydrogens is 198 g/mol. The van der Waals surface area contributed by atoms with Crippen molar-refractivity contribution in [2.24, 2.45) is 0 Å². The molecule has 0 spiro atoms. The van der Waals surface area contributed by atoms with E-state index in [1.54, 1.807) is 14.1 Å². The Hall–Kier alpha value is -1.92. The number of nitrogens with one attached hydrogen (secondary N) is 1. The molecule has 0 saturated heterocycles. The van der Waals surface area contributed by atoms with Crippen LogP contribution in [0.3, 0.4) is 0 Å². The van der Waals surface area contributed by atoms with Crippen LogP contribution in [0, 0.1) is 0 Å². The lowest BCUT2D eigenvalue weighted by atomic mass is 10.5. The van der Waals surface area contributed by atoms with Gasteiger partial charge in [0.25, 0.3) is 0 Å². The van der Waals surface area contributed by atoms with Gasteiger partial charge >= 0.3 is 0 Å². The van der Waals surface area contributed by atoms with E-state index < -0.39 is 0 Å². The molecule has 7 heteroatoms. The second-order valence-electron chi connectivity index (χ2n) is 3.27. The van der Waals surface area contributed by atoms with Crippen molar-refractivity contribution in [1.82, 2.24) is 19.9 Å². The lowest BCUT2D eigenvalue weighted by molar-refractivity contribution is -0.129. The molecule has 1 aromatic rings. The van der Waals surface area contributed by atoms with E-state index >= 15 is 0 Å². The van der Waals surface area contributed by atoms with Gasteiger partial charge in [-0.25, -0.2) is 4.68 Å². The zero-order valence-electron chi connectivity index (χ0n) is 8.89. The van der Waals surface area contributed by atoms with Gasteiger partial charge in [0.2, 0.25) is 11.8 Å². The van der Waals surface area contributed by atoms with Gasteiger partial charge in [-0.1, -0.05) is 5.21 Å². The van der Waals surface area contributed by atoms with Gasteiger partial charge in [-0.3, -0.25) is 9.59 Å². The first kappa shape index (κ1) is 11.2. The number of anilines is 1. The summed E-state index contributed by atoms with van der Waals surface area (Å²) in [6, 6.07) is 0. The van der Waals surface area contributed by atoms with Crippen LogP contribution in [0.4, 0.5) is 5.82 Å². The molecule has 7 nitrogen and oxygen atoms in total. The number of carbonyl (C=O) groups is 2. The zero-order chi connectivity index (χ0) is 11.4. The maximum absolute atomic E-state index is 11.3. The summed E-state index contributed by atoms with van der Waals surface area (Å²) in [7, 11) is 3.32. The molecule has 2 amide bonds. The van der Waals surface area contributed by atoms with Crippen molar-refractivity contribution in [1.29, 1.82) is 0 Å². The van der Waals surface area contributed by atoms with Crippen LogP contribution in [0.1, 0.15) is 6.92 Å². The third-order valence-electron chi connectivity index (χ3n) is 1.64. The molecule has 15 heavy (non-hydrogen) atoms. The summed E-state index contributed by atoms with van der Waals surface area (Å²) in [5.74, 6) is 0.0318. The molecule has 0 aliphatic rings. The summed E-state index contributed by atoms with van der Waals surface area (Å²) in [4.78, 5) is 23.4. The van der Waals surface area contributed by atoms with Gasteiger partial charge in [0, 0.05) is 21.0 Å². The first-order chi connectivity index (χ1) is 6.99. The van der Waals surface area contributed by atoms with E-state index in [0.29, 0.717) is 5.82 Å². The molecule has 0 radical (unpaired) electrons. The highest BCUT2D eigenvalue weighted by Crippen LogP contribution is 1.99. The monoisotopic (exact) mass is 211 g/mol. The molecule has 82 valence electrons. The Balaban J connectivity index is 2.60. The fourth-order valence-electron chi connectivity index (χ4n) is 0.893. The Bertz CT molecular complexity index is 371. The topological polar surface area (TPSA) is 80.1 Å². The minimum absolute atomic E-state index is 0.0886. The summed E-state index contributed by atoms with van der Waals surface area (Å²) >= 11 is 0. The second-order valence-corrected chi connectivity index (χ2v) is 3.27. The van der Waals surface area contributed by atoms with Gasteiger partial charge in [-0.15, -0.1) is 5.10 Å². The smallest absolute Gasteiger partial charge is 0.243 e. The maximum Gasteiger partial charge on any atom is 0.243 e. The van der Waals surface area contributed by atoms with E-state index in [2.05, 4.69) is 15.6 Å². The highest BCUT2D eigenvalue weighted by Gasteiger charge is 2.07. The van der Waals surface area contributed by atoms with Crippen LogP contribution in [0.15, 0.2) is 6.20 Å². The number of hydrogen-bond donors (Lipinski definition) is 1. The first-order valence-corrected chi connectivity index (χ1v) is 4.37. The minimum Gasteiger partial charge on any atom is -0.347 e. The quantitative estimate of drug-likeness (QED) is 0.718. The average Bonchev–Trinajstić information content (AvgIpc) is 2.51. The molecular formula is C8H13N5O2. The SMILES string of the molecule is CC(=O)Nc1cn(CC(=O)N(C)C)nn1. The molecule has 0 aliphatic heterocycles. The van der Waals surface area contributed by atoms with Crippen molar-refractivity contribution in [2.45, 2.75) is 13.5 Å². The second kappa shape index (κ2) is 4.54. The number of nitrogens with zero attached hydrogens (tertiary/aromatic N) is 4. The van der Waals surface area contributed by atoms with Crippen molar-refractivity contribution in [3.8, 4) is 0 Å². The highest BCUT2D eigenvalue weighted by atomic mass is 16.2. The van der Waals surface area contributed by atoms with Crippen molar-refractivity contribution < 1.29 is 9.59 Å². The lowest BCUT2D eigenvalue weighted by Crippen LogP contribution is -2.26. The molecule has 0 fully saturated rings. The Kier molecular flexibility index (Phi) is 3.37. The van der Waals surface area contributed by atoms with E-state index in [9.17, 15) is 9.59 Å². The molecule has 1 aromatic heterocycles. The Morgan fingerprint density at radius 3 is 2.73 bits per heavy atom.